The summed E-state index contributed by atoms with van der Waals surface area (Å²) < 4.78 is 39.2. The maximum atomic E-state index is 12.9. The summed E-state index contributed by atoms with van der Waals surface area (Å²) in [6.07, 6.45) is 1.23. The highest BCUT2D eigenvalue weighted by Crippen LogP contribution is 2.19. The number of sulfonamides is 1. The fourth-order valence-corrected chi connectivity index (χ4v) is 2.58. The number of nitrogens with zero attached hydrogens (tertiary/aromatic N) is 1. The van der Waals surface area contributed by atoms with Crippen LogP contribution in [0.5, 0.6) is 0 Å². The Balaban J connectivity index is 2.33. The molecule has 2 rings (SSSR count). The van der Waals surface area contributed by atoms with Crippen molar-refractivity contribution >= 4 is 15.7 Å². The number of imidazole rings is 1. The lowest BCUT2D eigenvalue weighted by molar-refractivity contribution is 0.597. The molecule has 0 bridgehead atoms. The average molecular weight is 269 g/mol. The highest BCUT2D eigenvalue weighted by molar-refractivity contribution is 7.92. The van der Waals surface area contributed by atoms with Gasteiger partial charge in [0.05, 0.1) is 11.9 Å². The fraction of sp³-hybridized carbons (Fsp3) is 0.182. The smallest absolute Gasteiger partial charge is 0.278 e. The first-order chi connectivity index (χ1) is 8.38. The second kappa shape index (κ2) is 4.41. The van der Waals surface area contributed by atoms with Crippen molar-refractivity contribution in [2.24, 2.45) is 0 Å². The van der Waals surface area contributed by atoms with Gasteiger partial charge < -0.3 is 4.98 Å². The van der Waals surface area contributed by atoms with E-state index in [9.17, 15) is 12.8 Å². The van der Waals surface area contributed by atoms with Gasteiger partial charge >= 0.3 is 0 Å². The molecule has 0 aliphatic heterocycles. The van der Waals surface area contributed by atoms with E-state index >= 15 is 0 Å². The second-order valence-electron chi connectivity index (χ2n) is 3.90. The summed E-state index contributed by atoms with van der Waals surface area (Å²) in [6.45, 7) is 3.28. The van der Waals surface area contributed by atoms with Crippen molar-refractivity contribution in [3.63, 3.8) is 0 Å². The number of aryl methyl sites for hydroxylation is 2. The van der Waals surface area contributed by atoms with E-state index in [0.717, 1.165) is 0 Å². The lowest BCUT2D eigenvalue weighted by Gasteiger charge is -2.08. The van der Waals surface area contributed by atoms with Crippen LogP contribution >= 0.6 is 0 Å². The molecule has 0 spiro atoms. The summed E-state index contributed by atoms with van der Waals surface area (Å²) >= 11 is 0. The molecule has 1 aromatic carbocycles. The van der Waals surface area contributed by atoms with Crippen molar-refractivity contribution in [2.45, 2.75) is 18.9 Å². The molecule has 96 valence electrons. The molecule has 2 N–H and O–H groups in total. The minimum Gasteiger partial charge on any atom is -0.332 e. The van der Waals surface area contributed by atoms with Crippen LogP contribution in [0.2, 0.25) is 0 Å². The molecule has 0 fully saturated rings. The Morgan fingerprint density at radius 1 is 1.33 bits per heavy atom. The number of nitrogens with one attached hydrogen (secondary N) is 2. The molecule has 5 nitrogen and oxygen atoms in total. The average Bonchev–Trinajstić information content (AvgIpc) is 2.70. The zero-order valence-corrected chi connectivity index (χ0v) is 10.7. The Kier molecular flexibility index (Phi) is 3.08. The quantitative estimate of drug-likeness (QED) is 0.894. The lowest BCUT2D eigenvalue weighted by Crippen LogP contribution is -2.14. The zero-order valence-electron chi connectivity index (χ0n) is 9.86. The van der Waals surface area contributed by atoms with Gasteiger partial charge in [-0.1, -0.05) is 0 Å². The molecule has 18 heavy (non-hydrogen) atoms. The molecule has 1 heterocycles. The maximum absolute atomic E-state index is 12.9. The van der Waals surface area contributed by atoms with Crippen LogP contribution in [-0.2, 0) is 10.0 Å². The Hall–Kier alpha value is -1.89. The van der Waals surface area contributed by atoms with Crippen LogP contribution in [0, 0.1) is 19.7 Å². The molecule has 0 unspecified atom stereocenters. The molecule has 0 atom stereocenters. The number of hydrogen-bond acceptors (Lipinski definition) is 3. The zero-order chi connectivity index (χ0) is 13.3. The Labute approximate surface area is 104 Å². The number of hydrogen-bond donors (Lipinski definition) is 2. The number of aromatic amines is 1. The van der Waals surface area contributed by atoms with Crippen molar-refractivity contribution < 1.29 is 12.8 Å². The summed E-state index contributed by atoms with van der Waals surface area (Å²) in [5.74, 6) is 0.0963. The van der Waals surface area contributed by atoms with Gasteiger partial charge in [-0.05, 0) is 37.6 Å². The van der Waals surface area contributed by atoms with Crippen LogP contribution in [0.1, 0.15) is 11.4 Å². The molecule has 0 aliphatic rings. The van der Waals surface area contributed by atoms with Crippen LogP contribution in [0.4, 0.5) is 10.1 Å². The van der Waals surface area contributed by atoms with Gasteiger partial charge in [-0.2, -0.15) is 8.42 Å². The van der Waals surface area contributed by atoms with Crippen LogP contribution in [0.3, 0.4) is 0 Å². The summed E-state index contributed by atoms with van der Waals surface area (Å²) in [4.78, 5) is 6.46. The van der Waals surface area contributed by atoms with E-state index in [1.54, 1.807) is 13.8 Å². The Morgan fingerprint density at radius 3 is 2.61 bits per heavy atom. The van der Waals surface area contributed by atoms with Crippen LogP contribution in [0.25, 0.3) is 0 Å². The largest absolute Gasteiger partial charge is 0.332 e. The first kappa shape index (κ1) is 12.6. The predicted molar refractivity (Wildman–Crippen MR) is 65.3 cm³/mol. The molecule has 0 saturated heterocycles. The molecule has 0 aliphatic carbocycles. The normalized spacial score (nSPS) is 11.5. The molecule has 0 saturated carbocycles. The lowest BCUT2D eigenvalue weighted by atomic mass is 10.2. The first-order valence-corrected chi connectivity index (χ1v) is 6.67. The van der Waals surface area contributed by atoms with E-state index in [4.69, 9.17) is 0 Å². The standard InChI is InChI=1S/C11H12FN3O2S/c1-7-5-9(12)3-4-10(7)15-18(16,17)11-6-13-8(2)14-11/h3-6,15H,1-2H3,(H,13,14). The Bertz CT molecular complexity index is 679. The van der Waals surface area contributed by atoms with Gasteiger partial charge in [0.15, 0.2) is 5.03 Å². The van der Waals surface area contributed by atoms with Crippen molar-refractivity contribution in [3.8, 4) is 0 Å². The molecule has 2 aromatic rings. The van der Waals surface area contributed by atoms with E-state index in [1.807, 2.05) is 0 Å². The Morgan fingerprint density at radius 2 is 2.06 bits per heavy atom. The molecule has 0 radical (unpaired) electrons. The molecular weight excluding hydrogens is 257 g/mol. The maximum Gasteiger partial charge on any atom is 0.278 e. The number of anilines is 1. The minimum absolute atomic E-state index is 0.0243. The predicted octanol–water partition coefficient (Wildman–Crippen LogP) is 1.97. The third-order valence-corrected chi connectivity index (χ3v) is 3.68. The summed E-state index contributed by atoms with van der Waals surface area (Å²) in [6, 6.07) is 3.84. The van der Waals surface area contributed by atoms with E-state index in [0.29, 0.717) is 17.1 Å². The third kappa shape index (κ3) is 2.51. The summed E-state index contributed by atoms with van der Waals surface area (Å²) in [5, 5.41) is -0.0243. The van der Waals surface area contributed by atoms with Gasteiger partial charge in [0.1, 0.15) is 11.6 Å². The monoisotopic (exact) mass is 269 g/mol. The van der Waals surface area contributed by atoms with Crippen molar-refractivity contribution in [1.29, 1.82) is 0 Å². The number of rotatable bonds is 3. The highest BCUT2D eigenvalue weighted by Gasteiger charge is 2.17. The second-order valence-corrected chi connectivity index (χ2v) is 5.55. The van der Waals surface area contributed by atoms with Crippen LogP contribution in [-0.4, -0.2) is 18.4 Å². The molecular formula is C11H12FN3O2S. The molecule has 0 amide bonds. The molecule has 1 aromatic heterocycles. The number of H-pyrrole nitrogens is 1. The summed E-state index contributed by atoms with van der Waals surface area (Å²) in [7, 11) is -3.72. The number of benzene rings is 1. The summed E-state index contributed by atoms with van der Waals surface area (Å²) in [5.41, 5.74) is 0.846. The van der Waals surface area contributed by atoms with Crippen molar-refractivity contribution in [1.82, 2.24) is 9.97 Å². The van der Waals surface area contributed by atoms with Gasteiger partial charge in [-0.3, -0.25) is 4.72 Å². The number of aromatic nitrogens is 2. The van der Waals surface area contributed by atoms with E-state index in [1.165, 1.54) is 24.4 Å². The van der Waals surface area contributed by atoms with Gasteiger partial charge in [-0.25, -0.2) is 9.37 Å². The van der Waals surface area contributed by atoms with Gasteiger partial charge in [0.25, 0.3) is 10.0 Å². The van der Waals surface area contributed by atoms with Crippen LogP contribution in [0.15, 0.2) is 29.4 Å². The minimum atomic E-state index is -3.72. The van der Waals surface area contributed by atoms with Gasteiger partial charge in [-0.15, -0.1) is 0 Å². The van der Waals surface area contributed by atoms with Crippen molar-refractivity contribution in [2.75, 3.05) is 4.72 Å². The SMILES string of the molecule is Cc1ncc(S(=O)(=O)Nc2ccc(F)cc2C)[nH]1. The van der Waals surface area contributed by atoms with Gasteiger partial charge in [0.2, 0.25) is 0 Å². The van der Waals surface area contributed by atoms with Crippen molar-refractivity contribution in [3.05, 3.63) is 41.6 Å². The highest BCUT2D eigenvalue weighted by atomic mass is 32.2. The van der Waals surface area contributed by atoms with E-state index in [-0.39, 0.29) is 5.03 Å². The third-order valence-electron chi connectivity index (χ3n) is 2.40. The fourth-order valence-electron chi connectivity index (χ4n) is 1.48. The van der Waals surface area contributed by atoms with Crippen LogP contribution < -0.4 is 4.72 Å². The number of halogens is 1. The van der Waals surface area contributed by atoms with E-state index in [2.05, 4.69) is 14.7 Å². The first-order valence-electron chi connectivity index (χ1n) is 5.19. The topological polar surface area (TPSA) is 74.8 Å². The molecule has 7 heteroatoms. The van der Waals surface area contributed by atoms with E-state index < -0.39 is 15.8 Å². The van der Waals surface area contributed by atoms with Gasteiger partial charge in [0, 0.05) is 0 Å².